The van der Waals surface area contributed by atoms with Crippen LogP contribution in [0.25, 0.3) is 0 Å². The Morgan fingerprint density at radius 1 is 1.45 bits per heavy atom. The Balaban J connectivity index is 1.58. The molecular formula is C14H17N3O2S. The molecule has 1 fully saturated rings. The van der Waals surface area contributed by atoms with Crippen molar-refractivity contribution in [2.45, 2.75) is 18.2 Å². The minimum absolute atomic E-state index is 0.134. The molecule has 0 spiro atoms. The molecule has 0 bridgehead atoms. The third kappa shape index (κ3) is 3.07. The van der Waals surface area contributed by atoms with Crippen molar-refractivity contribution in [3.05, 3.63) is 42.6 Å². The zero-order valence-electron chi connectivity index (χ0n) is 11.1. The van der Waals surface area contributed by atoms with Gasteiger partial charge in [0.25, 0.3) is 0 Å². The van der Waals surface area contributed by atoms with E-state index in [-0.39, 0.29) is 5.91 Å². The highest BCUT2D eigenvalue weighted by Crippen LogP contribution is 2.34. The number of hydrogen-bond acceptors (Lipinski definition) is 4. The topological polar surface area (TPSA) is 51.3 Å². The van der Waals surface area contributed by atoms with E-state index in [1.165, 1.54) is 0 Å². The molecule has 6 heteroatoms. The summed E-state index contributed by atoms with van der Waals surface area (Å²) in [6.45, 7) is 1.89. The van der Waals surface area contributed by atoms with Crippen molar-refractivity contribution in [1.82, 2.24) is 14.7 Å². The number of rotatable bonds is 3. The summed E-state index contributed by atoms with van der Waals surface area (Å²) in [7, 11) is 0. The Bertz CT molecular complexity index is 539. The van der Waals surface area contributed by atoms with Crippen LogP contribution in [0.5, 0.6) is 0 Å². The molecule has 5 nitrogen and oxygen atoms in total. The second kappa shape index (κ2) is 6.17. The van der Waals surface area contributed by atoms with Crippen LogP contribution in [0.3, 0.4) is 0 Å². The summed E-state index contributed by atoms with van der Waals surface area (Å²) in [5, 5.41) is 4.43. The van der Waals surface area contributed by atoms with Crippen LogP contribution in [0.4, 0.5) is 0 Å². The van der Waals surface area contributed by atoms with E-state index < -0.39 is 0 Å². The molecule has 0 saturated carbocycles. The van der Waals surface area contributed by atoms with Crippen LogP contribution >= 0.6 is 11.8 Å². The van der Waals surface area contributed by atoms with Gasteiger partial charge in [0.1, 0.15) is 12.3 Å². The van der Waals surface area contributed by atoms with Crippen molar-refractivity contribution < 1.29 is 9.21 Å². The summed E-state index contributed by atoms with van der Waals surface area (Å²) in [4.78, 5) is 14.2. The number of nitrogens with zero attached hydrogens (tertiary/aromatic N) is 3. The molecule has 1 aliphatic heterocycles. The van der Waals surface area contributed by atoms with E-state index in [0.717, 1.165) is 31.0 Å². The molecule has 0 N–H and O–H groups in total. The summed E-state index contributed by atoms with van der Waals surface area (Å²) < 4.78 is 7.14. The van der Waals surface area contributed by atoms with E-state index >= 15 is 0 Å². The van der Waals surface area contributed by atoms with Gasteiger partial charge in [-0.25, -0.2) is 0 Å². The van der Waals surface area contributed by atoms with E-state index in [1.54, 1.807) is 17.1 Å². The maximum Gasteiger partial charge on any atom is 0.244 e. The Labute approximate surface area is 121 Å². The number of aromatic nitrogens is 2. The number of furan rings is 1. The lowest BCUT2D eigenvalue weighted by atomic mass is 10.2. The van der Waals surface area contributed by atoms with Gasteiger partial charge in [-0.3, -0.25) is 9.48 Å². The molecule has 2 aromatic rings. The number of thioether (sulfide) groups is 1. The zero-order valence-corrected chi connectivity index (χ0v) is 12.0. The molecule has 3 rings (SSSR count). The molecule has 1 atom stereocenters. The van der Waals surface area contributed by atoms with Crippen LogP contribution in [0, 0.1) is 0 Å². The molecule has 1 saturated heterocycles. The van der Waals surface area contributed by atoms with E-state index in [0.29, 0.717) is 11.8 Å². The molecule has 1 amide bonds. The van der Waals surface area contributed by atoms with E-state index in [4.69, 9.17) is 4.42 Å². The predicted octanol–water partition coefficient (Wildman–Crippen LogP) is 2.18. The van der Waals surface area contributed by atoms with Gasteiger partial charge in [0.05, 0.1) is 11.5 Å². The van der Waals surface area contributed by atoms with E-state index in [9.17, 15) is 4.79 Å². The highest BCUT2D eigenvalue weighted by Gasteiger charge is 2.23. The summed E-state index contributed by atoms with van der Waals surface area (Å²) in [6, 6.07) is 5.76. The standard InChI is InChI=1S/C14H17N3O2S/c18-14(11-17-6-2-5-15-17)16-7-4-13(20-10-8-16)12-3-1-9-19-12/h1-3,5-6,9,13H,4,7-8,10-11H2/t13-/m1/s1. The van der Waals surface area contributed by atoms with Crippen LogP contribution in [-0.4, -0.2) is 39.4 Å². The molecule has 20 heavy (non-hydrogen) atoms. The lowest BCUT2D eigenvalue weighted by Crippen LogP contribution is -2.35. The second-order valence-corrected chi connectivity index (χ2v) is 6.06. The summed E-state index contributed by atoms with van der Waals surface area (Å²) >= 11 is 1.86. The monoisotopic (exact) mass is 291 g/mol. The van der Waals surface area contributed by atoms with Crippen LogP contribution in [0.1, 0.15) is 17.4 Å². The van der Waals surface area contributed by atoms with Gasteiger partial charge < -0.3 is 9.32 Å². The first-order valence-corrected chi connectivity index (χ1v) is 7.78. The fourth-order valence-corrected chi connectivity index (χ4v) is 3.53. The van der Waals surface area contributed by atoms with Crippen molar-refractivity contribution in [2.24, 2.45) is 0 Å². The summed E-state index contributed by atoms with van der Waals surface area (Å²) in [5.41, 5.74) is 0. The van der Waals surface area contributed by atoms with Gasteiger partial charge in [-0.05, 0) is 24.6 Å². The van der Waals surface area contributed by atoms with Crippen LogP contribution in [0.15, 0.2) is 41.3 Å². The molecule has 2 aromatic heterocycles. The lowest BCUT2D eigenvalue weighted by molar-refractivity contribution is -0.131. The smallest absolute Gasteiger partial charge is 0.244 e. The number of hydrogen-bond donors (Lipinski definition) is 0. The van der Waals surface area contributed by atoms with Gasteiger partial charge in [-0.15, -0.1) is 11.8 Å². The van der Waals surface area contributed by atoms with Crippen molar-refractivity contribution in [3.8, 4) is 0 Å². The molecule has 0 aliphatic carbocycles. The van der Waals surface area contributed by atoms with E-state index in [2.05, 4.69) is 5.10 Å². The maximum atomic E-state index is 12.2. The molecular weight excluding hydrogens is 274 g/mol. The number of carbonyl (C=O) groups excluding carboxylic acids is 1. The SMILES string of the molecule is O=C(Cn1cccn1)N1CCS[C@@H](c2ccco2)CC1. The van der Waals surface area contributed by atoms with Crippen molar-refractivity contribution in [3.63, 3.8) is 0 Å². The van der Waals surface area contributed by atoms with Gasteiger partial charge in [-0.2, -0.15) is 5.10 Å². The van der Waals surface area contributed by atoms with Crippen molar-refractivity contribution in [2.75, 3.05) is 18.8 Å². The molecule has 1 aliphatic rings. The normalized spacial score (nSPS) is 19.8. The molecule has 0 unspecified atom stereocenters. The van der Waals surface area contributed by atoms with Crippen LogP contribution in [0.2, 0.25) is 0 Å². The molecule has 106 valence electrons. The van der Waals surface area contributed by atoms with Crippen LogP contribution in [-0.2, 0) is 11.3 Å². The largest absolute Gasteiger partial charge is 0.468 e. The predicted molar refractivity (Wildman–Crippen MR) is 77.3 cm³/mol. The highest BCUT2D eigenvalue weighted by atomic mass is 32.2. The third-order valence-corrected chi connectivity index (χ3v) is 4.70. The molecule has 0 aromatic carbocycles. The van der Waals surface area contributed by atoms with Crippen molar-refractivity contribution in [1.29, 1.82) is 0 Å². The second-order valence-electron chi connectivity index (χ2n) is 4.75. The molecule has 0 radical (unpaired) electrons. The summed E-state index contributed by atoms with van der Waals surface area (Å²) in [5.74, 6) is 2.08. The maximum absolute atomic E-state index is 12.2. The Hall–Kier alpha value is -1.69. The van der Waals surface area contributed by atoms with E-state index in [1.807, 2.05) is 41.1 Å². The number of carbonyl (C=O) groups is 1. The van der Waals surface area contributed by atoms with Crippen molar-refractivity contribution >= 4 is 17.7 Å². The average Bonchev–Trinajstić information content (AvgIpc) is 3.09. The van der Waals surface area contributed by atoms with Gasteiger partial charge in [0.15, 0.2) is 0 Å². The zero-order chi connectivity index (χ0) is 13.8. The summed E-state index contributed by atoms with van der Waals surface area (Å²) in [6.07, 6.45) is 6.15. The number of amides is 1. The first-order valence-electron chi connectivity index (χ1n) is 6.73. The minimum Gasteiger partial charge on any atom is -0.468 e. The Morgan fingerprint density at radius 3 is 3.15 bits per heavy atom. The Kier molecular flexibility index (Phi) is 4.11. The van der Waals surface area contributed by atoms with Gasteiger partial charge in [0, 0.05) is 31.2 Å². The van der Waals surface area contributed by atoms with Gasteiger partial charge in [-0.1, -0.05) is 0 Å². The minimum atomic E-state index is 0.134. The average molecular weight is 291 g/mol. The highest BCUT2D eigenvalue weighted by molar-refractivity contribution is 7.99. The fourth-order valence-electron chi connectivity index (χ4n) is 2.35. The Morgan fingerprint density at radius 2 is 2.40 bits per heavy atom. The first kappa shape index (κ1) is 13.3. The third-order valence-electron chi connectivity index (χ3n) is 3.41. The molecule has 3 heterocycles. The quantitative estimate of drug-likeness (QED) is 0.870. The van der Waals surface area contributed by atoms with Gasteiger partial charge in [0.2, 0.25) is 5.91 Å². The lowest BCUT2D eigenvalue weighted by Gasteiger charge is -2.20. The van der Waals surface area contributed by atoms with Crippen LogP contribution < -0.4 is 0 Å². The first-order chi connectivity index (χ1) is 9.83. The fraction of sp³-hybridized carbons (Fsp3) is 0.429. The van der Waals surface area contributed by atoms with Gasteiger partial charge >= 0.3 is 0 Å².